The van der Waals surface area contributed by atoms with Crippen LogP contribution in [0.25, 0.3) is 0 Å². The summed E-state index contributed by atoms with van der Waals surface area (Å²) in [6, 6.07) is 5.87. The van der Waals surface area contributed by atoms with E-state index in [2.05, 4.69) is 19.2 Å². The predicted octanol–water partition coefficient (Wildman–Crippen LogP) is 3.94. The van der Waals surface area contributed by atoms with Crippen LogP contribution in [0.1, 0.15) is 25.8 Å². The Hall–Kier alpha value is -0.280. The molecule has 0 bridgehead atoms. The lowest BCUT2D eigenvalue weighted by Gasteiger charge is -2.28. The standard InChI is InChI=1S/C14H21Cl2NO/c1-14(2,18-4)9-12(17-3)8-10-7-11(15)5-6-13(10)16/h5-7,12,17H,8-9H2,1-4H3. The normalized spacial score (nSPS) is 13.7. The minimum absolute atomic E-state index is 0.154. The van der Waals surface area contributed by atoms with Crippen LogP contribution in [0.3, 0.4) is 0 Å². The van der Waals surface area contributed by atoms with Crippen molar-refractivity contribution in [1.82, 2.24) is 5.32 Å². The second-order valence-corrected chi connectivity index (χ2v) is 5.94. The van der Waals surface area contributed by atoms with Gasteiger partial charge >= 0.3 is 0 Å². The highest BCUT2D eigenvalue weighted by Crippen LogP contribution is 2.24. The van der Waals surface area contributed by atoms with Crippen LogP contribution in [0, 0.1) is 0 Å². The maximum Gasteiger partial charge on any atom is 0.0637 e. The van der Waals surface area contributed by atoms with Crippen molar-refractivity contribution >= 4 is 23.2 Å². The van der Waals surface area contributed by atoms with Crippen molar-refractivity contribution in [3.05, 3.63) is 33.8 Å². The fourth-order valence-corrected chi connectivity index (χ4v) is 2.31. The molecule has 0 saturated carbocycles. The molecule has 4 heteroatoms. The smallest absolute Gasteiger partial charge is 0.0637 e. The fourth-order valence-electron chi connectivity index (χ4n) is 1.92. The van der Waals surface area contributed by atoms with E-state index in [0.717, 1.165) is 28.5 Å². The van der Waals surface area contributed by atoms with E-state index < -0.39 is 0 Å². The van der Waals surface area contributed by atoms with Crippen LogP contribution >= 0.6 is 23.2 Å². The Morgan fingerprint density at radius 2 is 2.00 bits per heavy atom. The Kier molecular flexibility index (Phi) is 5.93. The van der Waals surface area contributed by atoms with Gasteiger partial charge in [-0.2, -0.15) is 0 Å². The molecule has 2 nitrogen and oxygen atoms in total. The van der Waals surface area contributed by atoms with Crippen LogP contribution in [0.4, 0.5) is 0 Å². The van der Waals surface area contributed by atoms with Gasteiger partial charge in [0, 0.05) is 23.2 Å². The summed E-state index contributed by atoms with van der Waals surface area (Å²) in [5.74, 6) is 0. The quantitative estimate of drug-likeness (QED) is 0.857. The van der Waals surface area contributed by atoms with Gasteiger partial charge in [0.15, 0.2) is 0 Å². The number of methoxy groups -OCH3 is 1. The molecular weight excluding hydrogens is 269 g/mol. The predicted molar refractivity (Wildman–Crippen MR) is 78.7 cm³/mol. The van der Waals surface area contributed by atoms with Crippen molar-refractivity contribution in [2.75, 3.05) is 14.2 Å². The largest absolute Gasteiger partial charge is 0.379 e. The summed E-state index contributed by atoms with van der Waals surface area (Å²) >= 11 is 12.2. The van der Waals surface area contributed by atoms with E-state index in [0.29, 0.717) is 6.04 Å². The first-order chi connectivity index (χ1) is 8.38. The number of hydrogen-bond acceptors (Lipinski definition) is 2. The molecule has 18 heavy (non-hydrogen) atoms. The first kappa shape index (κ1) is 15.8. The van der Waals surface area contributed by atoms with Crippen molar-refractivity contribution in [3.63, 3.8) is 0 Å². The lowest BCUT2D eigenvalue weighted by molar-refractivity contribution is 0.00773. The van der Waals surface area contributed by atoms with Gasteiger partial charge in [0.05, 0.1) is 5.60 Å². The number of halogens is 2. The number of likely N-dealkylation sites (N-methyl/N-ethyl adjacent to an activating group) is 1. The van der Waals surface area contributed by atoms with Crippen LogP contribution in [0.5, 0.6) is 0 Å². The Labute approximate surface area is 120 Å². The first-order valence-electron chi connectivity index (χ1n) is 6.04. The minimum atomic E-state index is -0.154. The lowest BCUT2D eigenvalue weighted by Crippen LogP contribution is -2.37. The summed E-state index contributed by atoms with van der Waals surface area (Å²) in [5.41, 5.74) is 0.911. The minimum Gasteiger partial charge on any atom is -0.379 e. The number of nitrogens with one attached hydrogen (secondary N) is 1. The molecule has 0 aliphatic rings. The molecule has 0 aromatic heterocycles. The van der Waals surface area contributed by atoms with Crippen molar-refractivity contribution < 1.29 is 4.74 Å². The number of hydrogen-bond donors (Lipinski definition) is 1. The molecule has 1 atom stereocenters. The summed E-state index contributed by atoms with van der Waals surface area (Å²) in [6.07, 6.45) is 1.74. The monoisotopic (exact) mass is 289 g/mol. The summed E-state index contributed by atoms with van der Waals surface area (Å²) in [7, 11) is 3.69. The van der Waals surface area contributed by atoms with Crippen molar-refractivity contribution in [1.29, 1.82) is 0 Å². The van der Waals surface area contributed by atoms with E-state index >= 15 is 0 Å². The van der Waals surface area contributed by atoms with Crippen LogP contribution in [-0.4, -0.2) is 25.8 Å². The fraction of sp³-hybridized carbons (Fsp3) is 0.571. The van der Waals surface area contributed by atoms with Crippen molar-refractivity contribution in [2.24, 2.45) is 0 Å². The molecule has 1 N–H and O–H groups in total. The summed E-state index contributed by atoms with van der Waals surface area (Å²) in [4.78, 5) is 0. The van der Waals surface area contributed by atoms with Gasteiger partial charge in [-0.1, -0.05) is 23.2 Å². The molecule has 0 saturated heterocycles. The van der Waals surface area contributed by atoms with Crippen LogP contribution in [-0.2, 0) is 11.2 Å². The molecule has 0 radical (unpaired) electrons. The highest BCUT2D eigenvalue weighted by molar-refractivity contribution is 6.33. The molecule has 0 aliphatic heterocycles. The topological polar surface area (TPSA) is 21.3 Å². The van der Waals surface area contributed by atoms with Crippen LogP contribution < -0.4 is 5.32 Å². The van der Waals surface area contributed by atoms with Crippen molar-refractivity contribution in [2.45, 2.75) is 38.3 Å². The number of ether oxygens (including phenoxy) is 1. The van der Waals surface area contributed by atoms with Gasteiger partial charge in [-0.15, -0.1) is 0 Å². The molecule has 102 valence electrons. The molecule has 0 heterocycles. The zero-order valence-electron chi connectivity index (χ0n) is 11.4. The van der Waals surface area contributed by atoms with Crippen LogP contribution in [0.15, 0.2) is 18.2 Å². The van der Waals surface area contributed by atoms with Gasteiger partial charge in [0.2, 0.25) is 0 Å². The Bertz CT molecular complexity index is 393. The van der Waals surface area contributed by atoms with Gasteiger partial charge < -0.3 is 10.1 Å². The average molecular weight is 290 g/mol. The maximum absolute atomic E-state index is 6.18. The second-order valence-electron chi connectivity index (χ2n) is 5.09. The Morgan fingerprint density at radius 3 is 2.56 bits per heavy atom. The molecule has 0 amide bonds. The molecule has 0 fully saturated rings. The van der Waals surface area contributed by atoms with Gasteiger partial charge in [0.1, 0.15) is 0 Å². The lowest BCUT2D eigenvalue weighted by atomic mass is 9.94. The Balaban J connectivity index is 2.77. The van der Waals surface area contributed by atoms with E-state index in [1.54, 1.807) is 13.2 Å². The molecular formula is C14H21Cl2NO. The third-order valence-electron chi connectivity index (χ3n) is 3.17. The molecule has 0 spiro atoms. The summed E-state index contributed by atoms with van der Waals surface area (Å²) in [5, 5.41) is 4.78. The van der Waals surface area contributed by atoms with E-state index in [4.69, 9.17) is 27.9 Å². The summed E-state index contributed by atoms with van der Waals surface area (Å²) < 4.78 is 5.46. The maximum atomic E-state index is 6.18. The average Bonchev–Trinajstić information content (AvgIpc) is 2.32. The molecule has 1 unspecified atom stereocenters. The summed E-state index contributed by atoms with van der Waals surface area (Å²) in [6.45, 7) is 4.16. The molecule has 1 rings (SSSR count). The highest BCUT2D eigenvalue weighted by atomic mass is 35.5. The number of rotatable bonds is 6. The molecule has 1 aromatic rings. The van der Waals surface area contributed by atoms with Gasteiger partial charge in [-0.3, -0.25) is 0 Å². The first-order valence-corrected chi connectivity index (χ1v) is 6.80. The SMILES string of the molecule is CNC(Cc1cc(Cl)ccc1Cl)CC(C)(C)OC. The molecule has 1 aromatic carbocycles. The van der Waals surface area contributed by atoms with E-state index in [1.807, 2.05) is 19.2 Å². The molecule has 0 aliphatic carbocycles. The zero-order valence-corrected chi connectivity index (χ0v) is 12.9. The van der Waals surface area contributed by atoms with Gasteiger partial charge in [0.25, 0.3) is 0 Å². The zero-order chi connectivity index (χ0) is 13.8. The van der Waals surface area contributed by atoms with E-state index in [1.165, 1.54) is 0 Å². The number of benzene rings is 1. The van der Waals surface area contributed by atoms with Gasteiger partial charge in [-0.25, -0.2) is 0 Å². The van der Waals surface area contributed by atoms with Crippen LogP contribution in [0.2, 0.25) is 10.0 Å². The third-order valence-corrected chi connectivity index (χ3v) is 3.78. The highest BCUT2D eigenvalue weighted by Gasteiger charge is 2.22. The van der Waals surface area contributed by atoms with E-state index in [-0.39, 0.29) is 5.60 Å². The van der Waals surface area contributed by atoms with Crippen molar-refractivity contribution in [3.8, 4) is 0 Å². The van der Waals surface area contributed by atoms with E-state index in [9.17, 15) is 0 Å². The van der Waals surface area contributed by atoms with Gasteiger partial charge in [-0.05, 0) is 57.5 Å². The second kappa shape index (κ2) is 6.76. The Morgan fingerprint density at radius 1 is 1.33 bits per heavy atom. The third kappa shape index (κ3) is 4.77.